The largest absolute Gasteiger partial charge is 0.465 e. The van der Waals surface area contributed by atoms with Crippen LogP contribution in [0.25, 0.3) is 10.9 Å². The molecule has 3 aromatic rings. The van der Waals surface area contributed by atoms with Crippen molar-refractivity contribution in [3.8, 4) is 6.07 Å². The fraction of sp³-hybridized carbons (Fsp3) is 0.292. The number of aromatic nitrogens is 1. The van der Waals surface area contributed by atoms with Gasteiger partial charge >= 0.3 is 5.97 Å². The average molecular weight is 386 g/mol. The lowest BCUT2D eigenvalue weighted by Crippen LogP contribution is -2.21. The van der Waals surface area contributed by atoms with Crippen LogP contribution in [0.2, 0.25) is 0 Å². The van der Waals surface area contributed by atoms with Gasteiger partial charge in [0.1, 0.15) is 0 Å². The topological polar surface area (TPSA) is 72.1 Å². The smallest absolute Gasteiger partial charge is 0.338 e. The van der Waals surface area contributed by atoms with E-state index in [2.05, 4.69) is 17.6 Å². The molecule has 1 aromatic heterocycles. The van der Waals surface area contributed by atoms with E-state index in [4.69, 9.17) is 4.74 Å². The highest BCUT2D eigenvalue weighted by Gasteiger charge is 2.32. The summed E-state index contributed by atoms with van der Waals surface area (Å²) < 4.78 is 7.08. The number of nitriles is 1. The summed E-state index contributed by atoms with van der Waals surface area (Å²) in [5.41, 5.74) is 4.34. The van der Waals surface area contributed by atoms with Gasteiger partial charge < -0.3 is 9.30 Å². The number of rotatable bonds is 4. The van der Waals surface area contributed by atoms with E-state index in [1.165, 1.54) is 7.11 Å². The number of carbonyl (C=O) groups is 2. The number of benzene rings is 2. The number of carbonyl (C=O) groups excluding carboxylic acids is 2. The lowest BCUT2D eigenvalue weighted by Gasteiger charge is -2.22. The molecule has 0 aliphatic heterocycles. The van der Waals surface area contributed by atoms with Crippen molar-refractivity contribution in [1.82, 2.24) is 4.57 Å². The summed E-state index contributed by atoms with van der Waals surface area (Å²) in [5, 5.41) is 10.2. The minimum absolute atomic E-state index is 0.0757. The molecule has 4 rings (SSSR count). The molecule has 1 unspecified atom stereocenters. The van der Waals surface area contributed by atoms with Crippen LogP contribution in [0.4, 0.5) is 0 Å². The molecule has 0 spiro atoms. The van der Waals surface area contributed by atoms with E-state index < -0.39 is 5.97 Å². The first-order valence-corrected chi connectivity index (χ1v) is 9.82. The van der Waals surface area contributed by atoms with Crippen LogP contribution >= 0.6 is 0 Å². The molecule has 0 radical (unpaired) electrons. The van der Waals surface area contributed by atoms with Crippen molar-refractivity contribution in [3.63, 3.8) is 0 Å². The van der Waals surface area contributed by atoms with E-state index in [1.54, 1.807) is 12.1 Å². The van der Waals surface area contributed by atoms with E-state index >= 15 is 0 Å². The molecule has 0 amide bonds. The fourth-order valence-electron chi connectivity index (χ4n) is 4.36. The Hall–Kier alpha value is -3.39. The molecule has 1 aliphatic rings. The molecule has 0 fully saturated rings. The number of Topliss-reactive ketones (excluding diaryl/α,β-unsaturated/α-hetero) is 1. The summed E-state index contributed by atoms with van der Waals surface area (Å²) in [6.45, 7) is 2.57. The highest BCUT2D eigenvalue weighted by atomic mass is 16.5. The predicted octanol–water partition coefficient (Wildman–Crippen LogP) is 4.50. The van der Waals surface area contributed by atoms with Crippen LogP contribution in [0.5, 0.6) is 0 Å². The van der Waals surface area contributed by atoms with Crippen molar-refractivity contribution < 1.29 is 14.3 Å². The molecule has 146 valence electrons. The number of hydrogen-bond donors (Lipinski definition) is 0. The summed E-state index contributed by atoms with van der Waals surface area (Å²) >= 11 is 0. The van der Waals surface area contributed by atoms with Crippen molar-refractivity contribution in [2.75, 3.05) is 7.11 Å². The van der Waals surface area contributed by atoms with Crippen LogP contribution in [0, 0.1) is 17.2 Å². The van der Waals surface area contributed by atoms with E-state index in [0.29, 0.717) is 35.0 Å². The number of hydrogen-bond acceptors (Lipinski definition) is 4. The summed E-state index contributed by atoms with van der Waals surface area (Å²) in [6.07, 6.45) is 2.19. The van der Waals surface area contributed by atoms with Crippen LogP contribution in [0.3, 0.4) is 0 Å². The van der Waals surface area contributed by atoms with Gasteiger partial charge in [0.2, 0.25) is 0 Å². The Kier molecular flexibility index (Phi) is 4.94. The SMILES string of the molecule is CCC1CC(=O)c2c(n(Cc3ccccc3C#N)c3cccc(C(=O)OC)c23)C1. The molecule has 5 nitrogen and oxygen atoms in total. The third kappa shape index (κ3) is 3.11. The molecule has 29 heavy (non-hydrogen) atoms. The van der Waals surface area contributed by atoms with E-state index in [-0.39, 0.29) is 11.7 Å². The van der Waals surface area contributed by atoms with Gasteiger partial charge in [-0.3, -0.25) is 4.79 Å². The van der Waals surface area contributed by atoms with Gasteiger partial charge in [-0.2, -0.15) is 5.26 Å². The molecule has 1 aliphatic carbocycles. The minimum atomic E-state index is -0.446. The van der Waals surface area contributed by atoms with Crippen LogP contribution in [0.1, 0.15) is 57.3 Å². The highest BCUT2D eigenvalue weighted by Crippen LogP contribution is 2.37. The van der Waals surface area contributed by atoms with Crippen LogP contribution in [0.15, 0.2) is 42.5 Å². The first-order valence-electron chi connectivity index (χ1n) is 9.82. The second-order valence-corrected chi connectivity index (χ2v) is 7.47. The van der Waals surface area contributed by atoms with Crippen molar-refractivity contribution in [2.24, 2.45) is 5.92 Å². The Bertz CT molecular complexity index is 1170. The van der Waals surface area contributed by atoms with Gasteiger partial charge in [-0.1, -0.05) is 37.6 Å². The van der Waals surface area contributed by atoms with Gasteiger partial charge in [0.15, 0.2) is 5.78 Å². The monoisotopic (exact) mass is 386 g/mol. The van der Waals surface area contributed by atoms with Crippen molar-refractivity contribution in [2.45, 2.75) is 32.7 Å². The lowest BCUT2D eigenvalue weighted by molar-refractivity contribution is 0.0603. The van der Waals surface area contributed by atoms with Crippen LogP contribution < -0.4 is 0 Å². The summed E-state index contributed by atoms with van der Waals surface area (Å²) in [7, 11) is 1.35. The number of esters is 1. The Morgan fingerprint density at radius 2 is 2.00 bits per heavy atom. The molecule has 0 N–H and O–H groups in total. The third-order valence-electron chi connectivity index (χ3n) is 5.88. The number of ether oxygens (including phenoxy) is 1. The molecular formula is C24H22N2O3. The normalized spacial score (nSPS) is 15.8. The maximum atomic E-state index is 13.1. The number of ketones is 1. The van der Waals surface area contributed by atoms with Gasteiger partial charge in [0, 0.05) is 29.6 Å². The number of nitrogens with zero attached hydrogens (tertiary/aromatic N) is 2. The molecular weight excluding hydrogens is 364 g/mol. The Morgan fingerprint density at radius 1 is 1.21 bits per heavy atom. The quantitative estimate of drug-likeness (QED) is 0.619. The second kappa shape index (κ2) is 7.56. The fourth-order valence-corrected chi connectivity index (χ4v) is 4.36. The maximum absolute atomic E-state index is 13.1. The Morgan fingerprint density at radius 3 is 2.72 bits per heavy atom. The third-order valence-corrected chi connectivity index (χ3v) is 5.88. The molecule has 5 heteroatoms. The second-order valence-electron chi connectivity index (χ2n) is 7.47. The summed E-state index contributed by atoms with van der Waals surface area (Å²) in [4.78, 5) is 25.5. The lowest BCUT2D eigenvalue weighted by atomic mass is 9.83. The maximum Gasteiger partial charge on any atom is 0.338 e. The molecule has 0 saturated carbocycles. The van der Waals surface area contributed by atoms with Gasteiger partial charge in [-0.15, -0.1) is 0 Å². The summed E-state index contributed by atoms with van der Waals surface area (Å²) in [6, 6.07) is 15.2. The standard InChI is InChI=1S/C24H22N2O3/c1-3-15-11-20-23(21(27)12-15)22-18(24(28)29-2)9-6-10-19(22)26(20)14-17-8-5-4-7-16(17)13-25/h4-10,15H,3,11-12,14H2,1-2H3. The molecule has 0 saturated heterocycles. The zero-order valence-electron chi connectivity index (χ0n) is 16.6. The van der Waals surface area contributed by atoms with Crippen LogP contribution in [-0.4, -0.2) is 23.4 Å². The van der Waals surface area contributed by atoms with Gasteiger partial charge in [0.25, 0.3) is 0 Å². The number of methoxy groups -OCH3 is 1. The highest BCUT2D eigenvalue weighted by molar-refractivity contribution is 6.16. The molecule has 1 atom stereocenters. The van der Waals surface area contributed by atoms with E-state index in [1.807, 2.05) is 30.3 Å². The van der Waals surface area contributed by atoms with Crippen molar-refractivity contribution in [3.05, 3.63) is 70.4 Å². The average Bonchev–Trinajstić information content (AvgIpc) is 3.07. The molecule has 2 aromatic carbocycles. The van der Waals surface area contributed by atoms with E-state index in [9.17, 15) is 14.9 Å². The minimum Gasteiger partial charge on any atom is -0.465 e. The zero-order valence-corrected chi connectivity index (χ0v) is 16.6. The van der Waals surface area contributed by atoms with E-state index in [0.717, 1.165) is 29.6 Å². The summed E-state index contributed by atoms with van der Waals surface area (Å²) in [5.74, 6) is -0.0870. The zero-order chi connectivity index (χ0) is 20.5. The van der Waals surface area contributed by atoms with Gasteiger partial charge in [-0.25, -0.2) is 4.79 Å². The first-order chi connectivity index (χ1) is 14.1. The number of fused-ring (bicyclic) bond motifs is 3. The Labute approximate surface area is 169 Å². The van der Waals surface area contributed by atoms with Gasteiger partial charge in [-0.05, 0) is 36.1 Å². The first kappa shape index (κ1) is 18.9. The predicted molar refractivity (Wildman–Crippen MR) is 110 cm³/mol. The van der Waals surface area contributed by atoms with Crippen molar-refractivity contribution >= 4 is 22.7 Å². The van der Waals surface area contributed by atoms with Crippen LogP contribution in [-0.2, 0) is 17.7 Å². The van der Waals surface area contributed by atoms with Gasteiger partial charge in [0.05, 0.1) is 29.8 Å². The molecule has 1 heterocycles. The Balaban J connectivity index is 2.00. The molecule has 0 bridgehead atoms. The van der Waals surface area contributed by atoms with Crippen molar-refractivity contribution in [1.29, 1.82) is 5.26 Å².